The zero-order valence-electron chi connectivity index (χ0n) is 11.2. The Kier molecular flexibility index (Phi) is 4.57. The molecule has 1 unspecified atom stereocenters. The number of nitrogens with two attached hydrogens (primary N) is 1. The lowest BCUT2D eigenvalue weighted by Crippen LogP contribution is -2.20. The van der Waals surface area contributed by atoms with Crippen molar-refractivity contribution in [1.82, 2.24) is 0 Å². The molecule has 0 bridgehead atoms. The molecule has 0 aromatic carbocycles. The van der Waals surface area contributed by atoms with E-state index < -0.39 is 0 Å². The fraction of sp³-hybridized carbons (Fsp3) is 0.615. The molecule has 1 rings (SSSR count). The lowest BCUT2D eigenvalue weighted by Gasteiger charge is -2.17. The van der Waals surface area contributed by atoms with E-state index in [1.54, 1.807) is 0 Å². The normalized spacial score (nSPS) is 13.1. The van der Waals surface area contributed by atoms with Gasteiger partial charge in [-0.05, 0) is 18.9 Å². The fourth-order valence-corrected chi connectivity index (χ4v) is 2.49. The molecule has 0 radical (unpaired) electrons. The van der Waals surface area contributed by atoms with Crippen molar-refractivity contribution in [3.63, 3.8) is 0 Å². The van der Waals surface area contributed by atoms with Crippen LogP contribution >= 0.6 is 11.3 Å². The molecule has 0 amide bonds. The maximum atomic E-state index is 11.9. The van der Waals surface area contributed by atoms with Gasteiger partial charge >= 0.3 is 0 Å². The number of hydrogen-bond donors (Lipinski definition) is 2. The quantitative estimate of drug-likeness (QED) is 0.789. The van der Waals surface area contributed by atoms with Gasteiger partial charge in [-0.2, -0.15) is 0 Å². The van der Waals surface area contributed by atoms with Crippen LogP contribution in [0, 0.1) is 11.8 Å². The molecule has 0 aliphatic rings. The Morgan fingerprint density at radius 2 is 1.88 bits per heavy atom. The fourth-order valence-electron chi connectivity index (χ4n) is 1.32. The highest BCUT2D eigenvalue weighted by atomic mass is 32.1. The van der Waals surface area contributed by atoms with E-state index in [0.29, 0.717) is 22.5 Å². The molecule has 1 atom stereocenters. The van der Waals surface area contributed by atoms with E-state index in [4.69, 9.17) is 5.73 Å². The van der Waals surface area contributed by atoms with Crippen molar-refractivity contribution in [2.45, 2.75) is 40.7 Å². The van der Waals surface area contributed by atoms with E-state index in [0.717, 1.165) is 5.00 Å². The van der Waals surface area contributed by atoms with E-state index in [2.05, 4.69) is 26.1 Å². The monoisotopic (exact) mass is 254 g/mol. The highest BCUT2D eigenvalue weighted by Gasteiger charge is 2.18. The third-order valence-electron chi connectivity index (χ3n) is 2.88. The van der Waals surface area contributed by atoms with Gasteiger partial charge in [0.15, 0.2) is 5.78 Å². The van der Waals surface area contributed by atoms with Gasteiger partial charge in [-0.1, -0.05) is 27.7 Å². The molecule has 1 heterocycles. The number of carbonyl (C=O) groups is 1. The van der Waals surface area contributed by atoms with Crippen molar-refractivity contribution in [1.29, 1.82) is 0 Å². The molecular weight excluding hydrogens is 232 g/mol. The lowest BCUT2D eigenvalue weighted by molar-refractivity contribution is 0.0944. The number of ketones is 1. The number of rotatable bonds is 5. The predicted molar refractivity (Wildman–Crippen MR) is 75.8 cm³/mol. The van der Waals surface area contributed by atoms with E-state index >= 15 is 0 Å². The Balaban J connectivity index is 2.85. The molecule has 1 aromatic rings. The number of Topliss-reactive ketones (excluding diaryl/α,β-unsaturated/α-hetero) is 1. The van der Waals surface area contributed by atoms with Crippen LogP contribution in [0.25, 0.3) is 0 Å². The summed E-state index contributed by atoms with van der Waals surface area (Å²) in [5, 5.41) is 4.36. The van der Waals surface area contributed by atoms with E-state index in [9.17, 15) is 4.79 Å². The van der Waals surface area contributed by atoms with Crippen LogP contribution in [0.5, 0.6) is 0 Å². The minimum absolute atomic E-state index is 0.00803. The average Bonchev–Trinajstić information content (AvgIpc) is 2.57. The largest absolute Gasteiger partial charge is 0.397 e. The van der Waals surface area contributed by atoms with Crippen molar-refractivity contribution in [2.75, 3.05) is 11.1 Å². The van der Waals surface area contributed by atoms with Crippen molar-refractivity contribution in [3.05, 3.63) is 10.9 Å². The molecule has 0 saturated carbocycles. The first-order valence-electron chi connectivity index (χ1n) is 6.03. The van der Waals surface area contributed by atoms with Gasteiger partial charge in [-0.25, -0.2) is 0 Å². The minimum Gasteiger partial charge on any atom is -0.397 e. The molecule has 3 nitrogen and oxygen atoms in total. The van der Waals surface area contributed by atoms with Crippen LogP contribution in [0.1, 0.15) is 44.3 Å². The molecule has 0 aliphatic carbocycles. The zero-order valence-corrected chi connectivity index (χ0v) is 12.0. The minimum atomic E-state index is -0.00803. The molecule has 0 aliphatic heterocycles. The Labute approximate surface area is 107 Å². The first-order chi connectivity index (χ1) is 7.82. The summed E-state index contributed by atoms with van der Waals surface area (Å²) in [5.74, 6) is 0.659. The van der Waals surface area contributed by atoms with Crippen molar-refractivity contribution < 1.29 is 4.79 Å². The van der Waals surface area contributed by atoms with E-state index in [1.165, 1.54) is 11.3 Å². The van der Waals surface area contributed by atoms with Gasteiger partial charge in [0.25, 0.3) is 0 Å². The second kappa shape index (κ2) is 5.54. The predicted octanol–water partition coefficient (Wildman–Crippen LogP) is 3.63. The Morgan fingerprint density at radius 3 is 2.35 bits per heavy atom. The Hall–Kier alpha value is -1.03. The summed E-state index contributed by atoms with van der Waals surface area (Å²) < 4.78 is 0. The second-order valence-electron chi connectivity index (χ2n) is 5.09. The summed E-state index contributed by atoms with van der Waals surface area (Å²) in [6.07, 6.45) is 0. The van der Waals surface area contributed by atoms with E-state index in [1.807, 2.05) is 19.9 Å². The van der Waals surface area contributed by atoms with Crippen LogP contribution in [0.15, 0.2) is 6.07 Å². The van der Waals surface area contributed by atoms with Gasteiger partial charge < -0.3 is 11.1 Å². The summed E-state index contributed by atoms with van der Waals surface area (Å²) in [4.78, 5) is 12.6. The Morgan fingerprint density at radius 1 is 1.29 bits per heavy atom. The summed E-state index contributed by atoms with van der Waals surface area (Å²) in [6, 6.07) is 2.23. The van der Waals surface area contributed by atoms with Crippen molar-refractivity contribution in [2.24, 2.45) is 11.8 Å². The smallest absolute Gasteiger partial charge is 0.177 e. The van der Waals surface area contributed by atoms with Crippen molar-refractivity contribution in [3.8, 4) is 0 Å². The van der Waals surface area contributed by atoms with Crippen LogP contribution in [-0.2, 0) is 0 Å². The van der Waals surface area contributed by atoms with Gasteiger partial charge in [-0.15, -0.1) is 11.3 Å². The van der Waals surface area contributed by atoms with Gasteiger partial charge in [0.2, 0.25) is 0 Å². The average molecular weight is 254 g/mol. The number of hydrogen-bond acceptors (Lipinski definition) is 4. The van der Waals surface area contributed by atoms with Crippen LogP contribution in [0.2, 0.25) is 0 Å². The molecule has 3 N–H and O–H groups in total. The van der Waals surface area contributed by atoms with Gasteiger partial charge in [0, 0.05) is 12.0 Å². The van der Waals surface area contributed by atoms with Crippen LogP contribution < -0.4 is 11.1 Å². The van der Waals surface area contributed by atoms with Gasteiger partial charge in [0.05, 0.1) is 15.6 Å². The Bertz CT molecular complexity index is 396. The van der Waals surface area contributed by atoms with E-state index in [-0.39, 0.29) is 11.7 Å². The highest BCUT2D eigenvalue weighted by Crippen LogP contribution is 2.32. The number of carbonyl (C=O) groups excluding carboxylic acids is 1. The third kappa shape index (κ3) is 3.46. The summed E-state index contributed by atoms with van der Waals surface area (Å²) in [7, 11) is 0. The van der Waals surface area contributed by atoms with Crippen LogP contribution in [0.3, 0.4) is 0 Å². The molecule has 17 heavy (non-hydrogen) atoms. The van der Waals surface area contributed by atoms with Crippen molar-refractivity contribution >= 4 is 27.8 Å². The lowest BCUT2D eigenvalue weighted by atomic mass is 10.1. The first-order valence-corrected chi connectivity index (χ1v) is 6.84. The summed E-state index contributed by atoms with van der Waals surface area (Å²) >= 11 is 1.46. The van der Waals surface area contributed by atoms with Gasteiger partial charge in [0.1, 0.15) is 0 Å². The molecule has 4 heteroatoms. The zero-order chi connectivity index (χ0) is 13.2. The summed E-state index contributed by atoms with van der Waals surface area (Å²) in [6.45, 7) is 10.2. The highest BCUT2D eigenvalue weighted by molar-refractivity contribution is 7.18. The maximum Gasteiger partial charge on any atom is 0.177 e. The number of nitrogens with one attached hydrogen (secondary N) is 1. The molecule has 0 saturated heterocycles. The van der Waals surface area contributed by atoms with Crippen LogP contribution in [-0.4, -0.2) is 11.8 Å². The first kappa shape index (κ1) is 14.0. The third-order valence-corrected chi connectivity index (χ3v) is 3.98. The molecule has 96 valence electrons. The molecule has 1 aromatic heterocycles. The maximum absolute atomic E-state index is 11.9. The second-order valence-corrected chi connectivity index (χ2v) is 6.14. The number of anilines is 2. The SMILES string of the molecule is CC(C)C(=O)c1sc(NC(C)C(C)C)cc1N. The standard InChI is InChI=1S/C13H22N2OS/c1-7(2)9(5)15-11-6-10(14)13(17-11)12(16)8(3)4/h6-9,15H,14H2,1-5H3. The van der Waals surface area contributed by atoms with Crippen LogP contribution in [0.4, 0.5) is 10.7 Å². The molecule has 0 spiro atoms. The topological polar surface area (TPSA) is 55.1 Å². The van der Waals surface area contributed by atoms with Gasteiger partial charge in [-0.3, -0.25) is 4.79 Å². The molecule has 0 fully saturated rings. The number of nitrogen functional groups attached to an aromatic ring is 1. The number of thiophene rings is 1. The summed E-state index contributed by atoms with van der Waals surface area (Å²) in [5.41, 5.74) is 6.47. The molecular formula is C13H22N2OS.